The highest BCUT2D eigenvalue weighted by atomic mass is 16.6. The number of amides is 1. The molecule has 1 amide bonds. The Kier molecular flexibility index (Phi) is 4.53. The summed E-state index contributed by atoms with van der Waals surface area (Å²) in [6.07, 6.45) is 3.51. The number of nitro groups is 1. The van der Waals surface area contributed by atoms with Gasteiger partial charge in [-0.3, -0.25) is 19.6 Å². The van der Waals surface area contributed by atoms with Crippen LogP contribution in [-0.2, 0) is 7.05 Å². The van der Waals surface area contributed by atoms with Gasteiger partial charge in [0.15, 0.2) is 5.69 Å². The van der Waals surface area contributed by atoms with E-state index in [1.165, 1.54) is 16.8 Å². The molecule has 0 radical (unpaired) electrons. The van der Waals surface area contributed by atoms with Gasteiger partial charge in [-0.2, -0.15) is 10.2 Å². The number of aromatic nitrogens is 4. The summed E-state index contributed by atoms with van der Waals surface area (Å²) >= 11 is 0. The van der Waals surface area contributed by atoms with Crippen molar-refractivity contribution in [3.05, 3.63) is 69.8 Å². The van der Waals surface area contributed by atoms with Gasteiger partial charge in [0.05, 0.1) is 22.3 Å². The largest absolute Gasteiger partial charge is 0.344 e. The summed E-state index contributed by atoms with van der Waals surface area (Å²) in [5, 5.41) is 22.1. The number of hydrogen-bond acceptors (Lipinski definition) is 5. The van der Waals surface area contributed by atoms with E-state index in [0.717, 1.165) is 11.3 Å². The molecule has 9 heteroatoms. The van der Waals surface area contributed by atoms with Gasteiger partial charge in [0.1, 0.15) is 0 Å². The number of aryl methyl sites for hydroxylation is 2. The molecule has 2 heterocycles. The molecule has 0 aliphatic heterocycles. The number of carbonyl (C=O) groups excluding carboxylic acids is 1. The summed E-state index contributed by atoms with van der Waals surface area (Å²) in [4.78, 5) is 22.7. The lowest BCUT2D eigenvalue weighted by atomic mass is 10.1. The van der Waals surface area contributed by atoms with Crippen molar-refractivity contribution in [3.8, 4) is 5.69 Å². The Morgan fingerprint density at radius 3 is 2.50 bits per heavy atom. The Morgan fingerprint density at radius 2 is 1.92 bits per heavy atom. The fourth-order valence-corrected chi connectivity index (χ4v) is 2.71. The lowest BCUT2D eigenvalue weighted by molar-refractivity contribution is -0.384. The van der Waals surface area contributed by atoms with E-state index in [9.17, 15) is 14.9 Å². The fraction of sp³-hybridized carbons (Fsp3) is 0.235. The third-order valence-corrected chi connectivity index (χ3v) is 4.01. The highest BCUT2D eigenvalue weighted by Crippen LogP contribution is 2.17. The van der Waals surface area contributed by atoms with Gasteiger partial charge in [-0.15, -0.1) is 0 Å². The van der Waals surface area contributed by atoms with Crippen molar-refractivity contribution >= 4 is 11.6 Å². The van der Waals surface area contributed by atoms with E-state index in [1.807, 2.05) is 27.1 Å². The number of carbonyl (C=O) groups is 1. The summed E-state index contributed by atoms with van der Waals surface area (Å²) in [6, 6.07) is 7.33. The Hall–Kier alpha value is -3.49. The highest BCUT2D eigenvalue weighted by Gasteiger charge is 2.17. The van der Waals surface area contributed by atoms with Crippen molar-refractivity contribution in [2.45, 2.75) is 19.9 Å². The fourth-order valence-electron chi connectivity index (χ4n) is 2.71. The van der Waals surface area contributed by atoms with Crippen LogP contribution in [0, 0.1) is 17.0 Å². The molecule has 3 aromatic rings. The molecule has 26 heavy (non-hydrogen) atoms. The van der Waals surface area contributed by atoms with Crippen molar-refractivity contribution in [1.29, 1.82) is 0 Å². The van der Waals surface area contributed by atoms with Gasteiger partial charge in [0.25, 0.3) is 11.6 Å². The van der Waals surface area contributed by atoms with Gasteiger partial charge in [-0.05, 0) is 32.0 Å². The number of nitrogens with one attached hydrogen (secondary N) is 1. The van der Waals surface area contributed by atoms with Crippen LogP contribution in [0.25, 0.3) is 5.69 Å². The molecule has 2 aromatic heterocycles. The van der Waals surface area contributed by atoms with E-state index in [1.54, 1.807) is 29.1 Å². The maximum atomic E-state index is 12.4. The van der Waals surface area contributed by atoms with Crippen molar-refractivity contribution in [2.24, 2.45) is 7.05 Å². The van der Waals surface area contributed by atoms with Crippen LogP contribution in [0.15, 0.2) is 42.7 Å². The highest BCUT2D eigenvalue weighted by molar-refractivity contribution is 5.92. The molecule has 0 spiro atoms. The molecule has 3 rings (SSSR count). The van der Waals surface area contributed by atoms with Crippen LogP contribution in [0.4, 0.5) is 5.69 Å². The third-order valence-electron chi connectivity index (χ3n) is 4.01. The van der Waals surface area contributed by atoms with E-state index in [-0.39, 0.29) is 23.3 Å². The van der Waals surface area contributed by atoms with Gasteiger partial charge >= 0.3 is 0 Å². The summed E-state index contributed by atoms with van der Waals surface area (Å²) in [6.45, 7) is 3.77. The minimum absolute atomic E-state index is 0.000428. The predicted molar refractivity (Wildman–Crippen MR) is 94.0 cm³/mol. The summed E-state index contributed by atoms with van der Waals surface area (Å²) < 4.78 is 3.20. The van der Waals surface area contributed by atoms with Crippen LogP contribution < -0.4 is 5.32 Å². The Bertz CT molecular complexity index is 957. The minimum Gasteiger partial charge on any atom is -0.344 e. The second-order valence-electron chi connectivity index (χ2n) is 5.96. The van der Waals surface area contributed by atoms with Gasteiger partial charge in [0, 0.05) is 37.1 Å². The van der Waals surface area contributed by atoms with E-state index < -0.39 is 4.92 Å². The second kappa shape index (κ2) is 6.79. The topological polar surface area (TPSA) is 108 Å². The molecule has 1 aromatic carbocycles. The number of nitro benzene ring substituents is 1. The number of benzene rings is 1. The molecule has 9 nitrogen and oxygen atoms in total. The maximum Gasteiger partial charge on any atom is 0.272 e. The monoisotopic (exact) mass is 354 g/mol. The predicted octanol–water partition coefficient (Wildman–Crippen LogP) is 2.31. The zero-order valence-electron chi connectivity index (χ0n) is 14.6. The van der Waals surface area contributed by atoms with Crippen LogP contribution in [-0.4, -0.2) is 30.4 Å². The van der Waals surface area contributed by atoms with E-state index in [4.69, 9.17) is 0 Å². The van der Waals surface area contributed by atoms with E-state index in [0.29, 0.717) is 5.69 Å². The number of hydrogen-bond donors (Lipinski definition) is 1. The third kappa shape index (κ3) is 3.46. The molecule has 134 valence electrons. The van der Waals surface area contributed by atoms with Crippen LogP contribution in [0.3, 0.4) is 0 Å². The zero-order chi connectivity index (χ0) is 18.8. The smallest absolute Gasteiger partial charge is 0.272 e. The summed E-state index contributed by atoms with van der Waals surface area (Å²) in [5.41, 5.74) is 2.69. The molecule has 0 saturated carbocycles. The van der Waals surface area contributed by atoms with Crippen LogP contribution >= 0.6 is 0 Å². The van der Waals surface area contributed by atoms with Crippen LogP contribution in [0.2, 0.25) is 0 Å². The Labute approximate surface area is 149 Å². The summed E-state index contributed by atoms with van der Waals surface area (Å²) in [5.74, 6) is -0.304. The SMILES string of the molecule is Cc1nn(C)cc1[C@@H](C)NC(=O)c1ccn(-c2ccc([N+](=O)[O-])cc2)n1. The van der Waals surface area contributed by atoms with Crippen molar-refractivity contribution in [1.82, 2.24) is 24.9 Å². The van der Waals surface area contributed by atoms with Crippen LogP contribution in [0.1, 0.15) is 34.7 Å². The molecule has 1 N–H and O–H groups in total. The van der Waals surface area contributed by atoms with Gasteiger partial charge < -0.3 is 5.32 Å². The lowest BCUT2D eigenvalue weighted by Gasteiger charge is -2.12. The first-order valence-corrected chi connectivity index (χ1v) is 7.96. The molecule has 1 atom stereocenters. The molecule has 0 unspecified atom stereocenters. The number of nitrogens with zero attached hydrogens (tertiary/aromatic N) is 5. The molecule has 0 fully saturated rings. The molecular formula is C17H18N6O3. The molecular weight excluding hydrogens is 336 g/mol. The molecule has 0 bridgehead atoms. The standard InChI is InChI=1S/C17H18N6O3/c1-11(15-10-21(3)19-12(15)2)18-17(24)16-8-9-22(20-16)13-4-6-14(7-5-13)23(25)26/h4-11H,1-3H3,(H,18,24)/t11-/m1/s1. The van der Waals surface area contributed by atoms with Crippen molar-refractivity contribution in [3.63, 3.8) is 0 Å². The van der Waals surface area contributed by atoms with Crippen molar-refractivity contribution in [2.75, 3.05) is 0 Å². The first kappa shape index (κ1) is 17.3. The lowest BCUT2D eigenvalue weighted by Crippen LogP contribution is -2.27. The maximum absolute atomic E-state index is 12.4. The van der Waals surface area contributed by atoms with Gasteiger partial charge in [-0.25, -0.2) is 4.68 Å². The van der Waals surface area contributed by atoms with Gasteiger partial charge in [0.2, 0.25) is 0 Å². The Morgan fingerprint density at radius 1 is 1.23 bits per heavy atom. The average molecular weight is 354 g/mol. The number of rotatable bonds is 5. The molecule has 0 aliphatic rings. The number of non-ortho nitro benzene ring substituents is 1. The second-order valence-corrected chi connectivity index (χ2v) is 5.96. The first-order chi connectivity index (χ1) is 12.3. The van der Waals surface area contributed by atoms with Crippen molar-refractivity contribution < 1.29 is 9.72 Å². The normalized spacial score (nSPS) is 12.0. The van der Waals surface area contributed by atoms with E-state index in [2.05, 4.69) is 15.5 Å². The minimum atomic E-state index is -0.465. The van der Waals surface area contributed by atoms with E-state index >= 15 is 0 Å². The summed E-state index contributed by atoms with van der Waals surface area (Å²) in [7, 11) is 1.83. The first-order valence-electron chi connectivity index (χ1n) is 7.96. The Balaban J connectivity index is 1.73. The van der Waals surface area contributed by atoms with Crippen LogP contribution in [0.5, 0.6) is 0 Å². The average Bonchev–Trinajstić information content (AvgIpc) is 3.21. The van der Waals surface area contributed by atoms with Gasteiger partial charge in [-0.1, -0.05) is 0 Å². The molecule has 0 saturated heterocycles. The zero-order valence-corrected chi connectivity index (χ0v) is 14.6. The molecule has 0 aliphatic carbocycles. The quantitative estimate of drug-likeness (QED) is 0.559.